The van der Waals surface area contributed by atoms with Gasteiger partial charge in [0.1, 0.15) is 5.83 Å². The number of halogens is 2. The third-order valence-corrected chi connectivity index (χ3v) is 2.68. The zero-order chi connectivity index (χ0) is 11.0. The van der Waals surface area contributed by atoms with E-state index in [0.29, 0.717) is 12.3 Å². The smallest absolute Gasteiger partial charge is 0.151 e. The van der Waals surface area contributed by atoms with Gasteiger partial charge in [-0.15, -0.1) is 0 Å². The molecule has 0 saturated carbocycles. The van der Waals surface area contributed by atoms with Crippen LogP contribution in [0.1, 0.15) is 52.9 Å². The van der Waals surface area contributed by atoms with Crippen molar-refractivity contribution in [3.8, 4) is 0 Å². The topological polar surface area (TPSA) is 0 Å². The molecule has 2 atom stereocenters. The first-order chi connectivity index (χ1) is 6.65. The van der Waals surface area contributed by atoms with Crippen LogP contribution in [-0.2, 0) is 0 Å². The van der Waals surface area contributed by atoms with Gasteiger partial charge >= 0.3 is 0 Å². The van der Waals surface area contributed by atoms with Crippen molar-refractivity contribution in [2.45, 2.75) is 59.0 Å². The Morgan fingerprint density at radius 3 is 2.29 bits per heavy atom. The molecule has 0 radical (unpaired) electrons. The maximum absolute atomic E-state index is 13.1. The lowest BCUT2D eigenvalue weighted by atomic mass is 9.94. The van der Waals surface area contributed by atoms with Crippen molar-refractivity contribution < 1.29 is 8.78 Å². The van der Waals surface area contributed by atoms with Crippen molar-refractivity contribution in [2.75, 3.05) is 0 Å². The summed E-state index contributed by atoms with van der Waals surface area (Å²) in [5.74, 6) is -0.0562. The van der Waals surface area contributed by atoms with Crippen molar-refractivity contribution in [3.05, 3.63) is 11.9 Å². The van der Waals surface area contributed by atoms with Crippen LogP contribution in [0, 0.1) is 5.92 Å². The van der Waals surface area contributed by atoms with Crippen LogP contribution >= 0.6 is 0 Å². The maximum atomic E-state index is 13.1. The van der Waals surface area contributed by atoms with Crippen LogP contribution in [0.15, 0.2) is 11.9 Å². The highest BCUT2D eigenvalue weighted by Gasteiger charge is 2.14. The minimum Gasteiger partial charge on any atom is -0.240 e. The Bertz CT molecular complexity index is 164. The van der Waals surface area contributed by atoms with Gasteiger partial charge in [-0.2, -0.15) is 0 Å². The summed E-state index contributed by atoms with van der Waals surface area (Å²) in [6.07, 6.45) is 4.28. The third-order valence-electron chi connectivity index (χ3n) is 2.68. The van der Waals surface area contributed by atoms with Crippen LogP contribution in [0.3, 0.4) is 0 Å². The molecule has 0 aromatic rings. The molecule has 0 rings (SSSR count). The van der Waals surface area contributed by atoms with E-state index in [1.165, 1.54) is 13.0 Å². The van der Waals surface area contributed by atoms with Crippen molar-refractivity contribution in [2.24, 2.45) is 5.92 Å². The molecule has 0 aromatic carbocycles. The molecule has 0 nitrogen and oxygen atoms in total. The maximum Gasteiger partial charge on any atom is 0.151 e. The number of hydrogen-bond acceptors (Lipinski definition) is 0. The fraction of sp³-hybridized carbons (Fsp3) is 0.833. The van der Waals surface area contributed by atoms with Gasteiger partial charge in [0, 0.05) is 0 Å². The number of rotatable bonds is 7. The van der Waals surface area contributed by atoms with Gasteiger partial charge in [-0.25, -0.2) is 8.78 Å². The molecular formula is C12H22F2. The zero-order valence-electron chi connectivity index (χ0n) is 9.52. The molecule has 0 aromatic heterocycles. The number of hydrogen-bond donors (Lipinski definition) is 0. The summed E-state index contributed by atoms with van der Waals surface area (Å²) in [5, 5.41) is 0. The molecule has 2 unspecified atom stereocenters. The highest BCUT2D eigenvalue weighted by molar-refractivity contribution is 4.96. The first-order valence-corrected chi connectivity index (χ1v) is 5.61. The second-order valence-corrected chi connectivity index (χ2v) is 3.78. The monoisotopic (exact) mass is 204 g/mol. The average Bonchev–Trinajstić information content (AvgIpc) is 2.22. The molecule has 0 spiro atoms. The lowest BCUT2D eigenvalue weighted by Gasteiger charge is -2.14. The molecular weight excluding hydrogens is 182 g/mol. The van der Waals surface area contributed by atoms with E-state index in [2.05, 4.69) is 13.8 Å². The Balaban J connectivity index is 3.78. The van der Waals surface area contributed by atoms with E-state index in [-0.39, 0.29) is 0 Å². The molecule has 0 bridgehead atoms. The summed E-state index contributed by atoms with van der Waals surface area (Å²) in [5.41, 5.74) is 0. The average molecular weight is 204 g/mol. The summed E-state index contributed by atoms with van der Waals surface area (Å²) >= 11 is 0. The molecule has 0 aliphatic heterocycles. The van der Waals surface area contributed by atoms with Gasteiger partial charge in [-0.1, -0.05) is 39.2 Å². The molecule has 2 heteroatoms. The van der Waals surface area contributed by atoms with Gasteiger partial charge in [0.2, 0.25) is 0 Å². The normalized spacial score (nSPS) is 16.8. The van der Waals surface area contributed by atoms with Gasteiger partial charge < -0.3 is 0 Å². The highest BCUT2D eigenvalue weighted by atomic mass is 19.2. The Kier molecular flexibility index (Phi) is 7.73. The first-order valence-electron chi connectivity index (χ1n) is 5.61. The third kappa shape index (κ3) is 5.36. The van der Waals surface area contributed by atoms with Gasteiger partial charge in [-0.05, 0) is 25.7 Å². The van der Waals surface area contributed by atoms with E-state index in [9.17, 15) is 8.78 Å². The van der Waals surface area contributed by atoms with Gasteiger partial charge in [0.25, 0.3) is 0 Å². The zero-order valence-corrected chi connectivity index (χ0v) is 9.52. The molecule has 14 heavy (non-hydrogen) atoms. The molecule has 0 N–H and O–H groups in total. The highest BCUT2D eigenvalue weighted by Crippen LogP contribution is 2.22. The lowest BCUT2D eigenvalue weighted by Crippen LogP contribution is -2.06. The molecule has 0 fully saturated rings. The largest absolute Gasteiger partial charge is 0.240 e. The number of allylic oxidation sites excluding steroid dienone is 2. The van der Waals surface area contributed by atoms with E-state index in [4.69, 9.17) is 0 Å². The molecule has 0 heterocycles. The Labute approximate surface area is 86.4 Å². The van der Waals surface area contributed by atoms with Crippen molar-refractivity contribution in [1.82, 2.24) is 0 Å². The van der Waals surface area contributed by atoms with E-state index in [0.717, 1.165) is 25.7 Å². The van der Waals surface area contributed by atoms with E-state index in [1.54, 1.807) is 0 Å². The van der Waals surface area contributed by atoms with Gasteiger partial charge in [0.05, 0.1) is 0 Å². The van der Waals surface area contributed by atoms with Crippen molar-refractivity contribution >= 4 is 0 Å². The van der Waals surface area contributed by atoms with Crippen molar-refractivity contribution in [1.29, 1.82) is 0 Å². The van der Waals surface area contributed by atoms with Crippen molar-refractivity contribution in [3.63, 3.8) is 0 Å². The molecule has 0 aliphatic carbocycles. The SMILES string of the molecule is C/C=C(/F)C(F)CCC(CC)CCC. The molecule has 84 valence electrons. The summed E-state index contributed by atoms with van der Waals surface area (Å²) in [7, 11) is 0. The van der Waals surface area contributed by atoms with E-state index in [1.807, 2.05) is 0 Å². The van der Waals surface area contributed by atoms with Crippen LogP contribution in [0.25, 0.3) is 0 Å². The minimum absolute atomic E-state index is 0.328. The van der Waals surface area contributed by atoms with E-state index < -0.39 is 12.0 Å². The predicted molar refractivity (Wildman–Crippen MR) is 57.7 cm³/mol. The van der Waals surface area contributed by atoms with Crippen LogP contribution in [0.5, 0.6) is 0 Å². The Morgan fingerprint density at radius 1 is 1.21 bits per heavy atom. The second kappa shape index (κ2) is 7.95. The fourth-order valence-corrected chi connectivity index (χ4v) is 1.66. The molecule has 0 aliphatic rings. The predicted octanol–water partition coefficient (Wildman–Crippen LogP) is 4.80. The molecule has 0 amide bonds. The van der Waals surface area contributed by atoms with Crippen LogP contribution < -0.4 is 0 Å². The Morgan fingerprint density at radius 2 is 1.86 bits per heavy atom. The summed E-state index contributed by atoms with van der Waals surface area (Å²) in [6, 6.07) is 0. The number of alkyl halides is 1. The summed E-state index contributed by atoms with van der Waals surface area (Å²) in [4.78, 5) is 0. The fourth-order valence-electron chi connectivity index (χ4n) is 1.66. The molecule has 0 saturated heterocycles. The van der Waals surface area contributed by atoms with Crippen LogP contribution in [-0.4, -0.2) is 6.17 Å². The van der Waals surface area contributed by atoms with Crippen LogP contribution in [0.2, 0.25) is 0 Å². The minimum atomic E-state index is -1.38. The standard InChI is InChI=1S/C12H22F2/c1-4-7-10(5-2)8-9-12(14)11(13)6-3/h6,10,12H,4-5,7-9H2,1-3H3/b11-6+. The van der Waals surface area contributed by atoms with Gasteiger partial charge in [-0.3, -0.25) is 0 Å². The summed E-state index contributed by atoms with van der Waals surface area (Å²) < 4.78 is 25.8. The van der Waals surface area contributed by atoms with E-state index >= 15 is 0 Å². The summed E-state index contributed by atoms with van der Waals surface area (Å²) in [6.45, 7) is 5.77. The Hall–Kier alpha value is -0.400. The quantitative estimate of drug-likeness (QED) is 0.558. The van der Waals surface area contributed by atoms with Gasteiger partial charge in [0.15, 0.2) is 6.17 Å². The first kappa shape index (κ1) is 13.6. The van der Waals surface area contributed by atoms with Crippen LogP contribution in [0.4, 0.5) is 8.78 Å². The lowest BCUT2D eigenvalue weighted by molar-refractivity contribution is 0.278. The second-order valence-electron chi connectivity index (χ2n) is 3.78.